The first-order chi connectivity index (χ1) is 49.8. The number of benzene rings is 2. The molecule has 14 rings (SSSR count). The molecule has 30 nitrogen and oxygen atoms in total. The van der Waals surface area contributed by atoms with E-state index in [9.17, 15) is 9.59 Å². The van der Waals surface area contributed by atoms with E-state index in [-0.39, 0.29) is 34.1 Å². The van der Waals surface area contributed by atoms with Gasteiger partial charge in [-0.2, -0.15) is 11.1 Å². The highest BCUT2D eigenvalue weighted by Crippen LogP contribution is 2.49. The van der Waals surface area contributed by atoms with Crippen LogP contribution in [0.3, 0.4) is 0 Å². The summed E-state index contributed by atoms with van der Waals surface area (Å²) >= 11 is 36.7. The molecule has 9 heterocycles. The predicted octanol–water partition coefficient (Wildman–Crippen LogP) is 14.6. The maximum Gasteiger partial charge on any atom is 0.490 e. The van der Waals surface area contributed by atoms with Crippen molar-refractivity contribution < 1.29 is 29.1 Å². The fraction of sp³-hybridized carbons (Fsp3) is 0.567. The molecule has 0 unspecified atom stereocenters. The molecule has 6 aliphatic rings. The highest BCUT2D eigenvalue weighted by atomic mass is 79.9. The molecule has 2 aromatic carbocycles. The van der Waals surface area contributed by atoms with E-state index in [1.54, 1.807) is 35.3 Å². The van der Waals surface area contributed by atoms with E-state index in [1.165, 1.54) is 50.9 Å². The van der Waals surface area contributed by atoms with E-state index in [2.05, 4.69) is 114 Å². The van der Waals surface area contributed by atoms with E-state index >= 15 is 0 Å². The van der Waals surface area contributed by atoms with Gasteiger partial charge in [-0.3, -0.25) is 8.80 Å². The fourth-order valence-electron chi connectivity index (χ4n) is 14.9. The summed E-state index contributed by atoms with van der Waals surface area (Å²) in [6, 6.07) is 11.1. The standard InChI is InChI=1S/C21H24Cl2N6.C20H29BrN6O2.C14H26N2O2.C6H5BCl2O2.C6H4BrClN4.H2N6/c1-13-17(14-4-2-5-15(22)18(14)23)19-27-25-12-29(19)20(26-13)28-10-8-21(9-11-28)7-3-6-16(21)24;1-13-15(21)16-25-22-12-27(16)17(23-13)26-10-8-20(9-11-26)7-5-6-14(20)24-18(28)29-19(2,3)4;1-13(2,3)18-12(17)16-11-5-4-6-14(11)7-9-15-10-8-14;8-5-3-1-2-4(6(5)9)7(10)11;1-3-4(7)5-11-9-2-12(5)6(8)10-3;1-3-5-6-4-2/h2,4-5,12,16H,3,6-11,24H2,1H3;12,14H,5-11H2,1-4H3,(H,24,28);11,15H,4-10H2,1-3H3,(H,16,17);1-3,10-11H;2H,1H3;1-2H/b;;;;;3-1?,4-2?,6-5+/t16-;14-;11-;;;/m111.../s1. The molecule has 566 valence electrons. The molecule has 0 radical (unpaired) electrons. The molecular weight excluding hydrogens is 1580 g/mol. The first-order valence-corrected chi connectivity index (χ1v) is 38.2. The van der Waals surface area contributed by atoms with Crippen molar-refractivity contribution in [1.82, 2.24) is 74.7 Å². The molecule has 8 aromatic rings. The maximum absolute atomic E-state index is 12.3. The smallest absolute Gasteiger partial charge is 0.444 e. The Kier molecular flexibility index (Phi) is 28.3. The summed E-state index contributed by atoms with van der Waals surface area (Å²) in [6.45, 7) is 23.1. The minimum Gasteiger partial charge on any atom is -0.444 e. The van der Waals surface area contributed by atoms with E-state index < -0.39 is 18.3 Å². The Labute approximate surface area is 651 Å². The second-order valence-electron chi connectivity index (χ2n) is 29.0. The molecule has 105 heavy (non-hydrogen) atoms. The first-order valence-electron chi connectivity index (χ1n) is 34.7. The number of halogens is 7. The average molecular weight is 1680 g/mol. The number of aryl methyl sites for hydroxylation is 3. The lowest BCUT2D eigenvalue weighted by molar-refractivity contribution is 0.0429. The predicted molar refractivity (Wildman–Crippen MR) is 412 cm³/mol. The van der Waals surface area contributed by atoms with Gasteiger partial charge in [0.15, 0.2) is 16.9 Å². The molecule has 2 amide bonds. The largest absolute Gasteiger partial charge is 0.490 e. The zero-order chi connectivity index (χ0) is 76.2. The van der Waals surface area contributed by atoms with Crippen LogP contribution in [0.1, 0.15) is 155 Å². The van der Waals surface area contributed by atoms with Gasteiger partial charge in [0.05, 0.1) is 46.1 Å². The van der Waals surface area contributed by atoms with Crippen molar-refractivity contribution in [1.29, 1.82) is 11.1 Å². The van der Waals surface area contributed by atoms with Crippen LogP contribution >= 0.6 is 89.9 Å². The van der Waals surface area contributed by atoms with Crippen LogP contribution in [-0.2, 0) is 9.47 Å². The second-order valence-corrected chi connectivity index (χ2v) is 32.5. The van der Waals surface area contributed by atoms with Crippen molar-refractivity contribution in [2.75, 3.05) is 49.1 Å². The molecule has 38 heteroatoms. The number of piperidine rings is 3. The average Bonchev–Trinajstić information content (AvgIpc) is 1.69. The Bertz CT molecular complexity index is 4360. The number of ether oxygens (including phenoxy) is 2. The summed E-state index contributed by atoms with van der Waals surface area (Å²) in [5.74, 6) is 1.76. The summed E-state index contributed by atoms with van der Waals surface area (Å²) in [5, 5.41) is 63.6. The van der Waals surface area contributed by atoms with Gasteiger partial charge in [0, 0.05) is 60.9 Å². The fourth-order valence-corrected chi connectivity index (χ4v) is 16.7. The number of nitrogens with two attached hydrogens (primary N) is 1. The highest BCUT2D eigenvalue weighted by Gasteiger charge is 2.48. The van der Waals surface area contributed by atoms with Crippen LogP contribution in [0.5, 0.6) is 0 Å². The van der Waals surface area contributed by atoms with Gasteiger partial charge in [-0.05, 0) is 245 Å². The number of hydrogen-bond acceptors (Lipinski definition) is 21. The Morgan fingerprint density at radius 3 is 1.51 bits per heavy atom. The number of nitrogens with one attached hydrogen (secondary N) is 5. The molecule has 0 bridgehead atoms. The van der Waals surface area contributed by atoms with Crippen molar-refractivity contribution in [3.63, 3.8) is 0 Å². The number of nitrogens with zero attached hydrogens (tertiary/aromatic N) is 18. The van der Waals surface area contributed by atoms with E-state index in [0.29, 0.717) is 48.9 Å². The molecule has 6 aromatic heterocycles. The number of carbonyl (C=O) groups excluding carboxylic acids is 2. The van der Waals surface area contributed by atoms with E-state index in [4.69, 9.17) is 104 Å². The third-order valence-corrected chi connectivity index (χ3v) is 23.9. The van der Waals surface area contributed by atoms with Crippen LogP contribution < -0.4 is 36.9 Å². The lowest BCUT2D eigenvalue weighted by atomic mass is 9.74. The minimum atomic E-state index is -1.57. The van der Waals surface area contributed by atoms with Crippen LogP contribution in [0.15, 0.2) is 85.2 Å². The van der Waals surface area contributed by atoms with Crippen molar-refractivity contribution in [2.24, 2.45) is 42.9 Å². The third-order valence-electron chi connectivity index (χ3n) is 20.1. The second kappa shape index (κ2) is 36.0. The summed E-state index contributed by atoms with van der Waals surface area (Å²) in [4.78, 5) is 42.7. The van der Waals surface area contributed by atoms with Gasteiger partial charge in [-0.15, -0.1) is 30.6 Å². The molecule has 3 saturated carbocycles. The first kappa shape index (κ1) is 82.4. The van der Waals surface area contributed by atoms with Gasteiger partial charge in [0.1, 0.15) is 30.2 Å². The molecule has 6 fully saturated rings. The zero-order valence-corrected chi connectivity index (χ0v) is 67.1. The normalized spacial score (nSPS) is 19.3. The van der Waals surface area contributed by atoms with Crippen LogP contribution in [0.25, 0.3) is 28.1 Å². The van der Waals surface area contributed by atoms with Gasteiger partial charge in [-0.25, -0.2) is 28.9 Å². The summed E-state index contributed by atoms with van der Waals surface area (Å²) in [6.07, 6.45) is 21.6. The maximum atomic E-state index is 12.3. The monoisotopic (exact) mass is 1670 g/mol. The van der Waals surface area contributed by atoms with Crippen molar-refractivity contribution >= 4 is 143 Å². The van der Waals surface area contributed by atoms with E-state index in [1.807, 2.05) is 83.2 Å². The van der Waals surface area contributed by atoms with E-state index in [0.717, 1.165) is 157 Å². The molecule has 3 aliphatic heterocycles. The Balaban J connectivity index is 0.000000156. The number of hydrogen-bond donors (Lipinski definition) is 8. The number of rotatable bonds is 8. The molecule has 3 spiro atoms. The molecule has 3 atom stereocenters. The Morgan fingerprint density at radius 2 is 1.03 bits per heavy atom. The minimum absolute atomic E-state index is 0.143. The molecular formula is C67H90BBr2Cl5N24O6. The molecule has 3 aliphatic carbocycles. The Morgan fingerprint density at radius 1 is 0.600 bits per heavy atom. The lowest BCUT2D eigenvalue weighted by Gasteiger charge is -2.43. The number of amides is 2. The summed E-state index contributed by atoms with van der Waals surface area (Å²) in [7, 11) is -1.57. The summed E-state index contributed by atoms with van der Waals surface area (Å²) in [5.41, 5.74) is 24.9. The van der Waals surface area contributed by atoms with Crippen LogP contribution in [0.2, 0.25) is 25.4 Å². The van der Waals surface area contributed by atoms with Gasteiger partial charge >= 0.3 is 19.3 Å². The molecule has 9 N–H and O–H groups in total. The lowest BCUT2D eigenvalue weighted by Crippen LogP contribution is -2.51. The van der Waals surface area contributed by atoms with Crippen molar-refractivity contribution in [3.8, 4) is 11.1 Å². The zero-order valence-electron chi connectivity index (χ0n) is 60.2. The quantitative estimate of drug-likeness (QED) is 0.0303. The molecule has 3 saturated heterocycles. The number of fused-ring (bicyclic) bond motifs is 3. The van der Waals surface area contributed by atoms with Gasteiger partial charge in [0.25, 0.3) is 0 Å². The number of alkyl carbamates (subject to hydrolysis) is 2. The van der Waals surface area contributed by atoms with Crippen LogP contribution in [0.4, 0.5) is 21.5 Å². The Hall–Kier alpha value is -6.66. The summed E-state index contributed by atoms with van der Waals surface area (Å²) < 4.78 is 18.1. The van der Waals surface area contributed by atoms with Gasteiger partial charge < -0.3 is 51.0 Å². The van der Waals surface area contributed by atoms with Crippen LogP contribution in [0, 0.1) is 48.1 Å². The highest BCUT2D eigenvalue weighted by molar-refractivity contribution is 9.11. The number of carbonyl (C=O) groups is 2. The van der Waals surface area contributed by atoms with Gasteiger partial charge in [-0.1, -0.05) is 89.9 Å². The number of aromatic nitrogens is 12. The SMILES string of the molecule is CC(C)(C)OC(=O)N[C@@H]1CCCC12CCNCC2.Cc1nc(Cl)n2cnnc2c1Br.Cc1nc(N2CCC3(CCC[C@H]3N)CC2)n2cnnc2c1-c1cccc(Cl)c1Cl.Cc1nc(N2CCC3(CCC[C@H]3NC(=O)OC(C)(C)C)CC2)n2cnnc2c1Br.N=N/N=N/N=N.OB(O)c1cccc(Cl)c1Cl. The van der Waals surface area contributed by atoms with Crippen molar-refractivity contribution in [3.05, 3.63) is 107 Å². The topological polar surface area (TPSA) is 388 Å². The van der Waals surface area contributed by atoms with Gasteiger partial charge in [0.2, 0.25) is 17.2 Å². The van der Waals surface area contributed by atoms with Crippen LogP contribution in [-0.4, -0.2) is 157 Å². The third kappa shape index (κ3) is 20.2. The number of anilines is 2. The van der Waals surface area contributed by atoms with Crippen molar-refractivity contribution in [2.45, 2.75) is 188 Å².